The number of thioether (sulfide) groups is 1. The second kappa shape index (κ2) is 9.18. The molecule has 30 heavy (non-hydrogen) atoms. The minimum absolute atomic E-state index is 0.0436. The molecule has 152 valence electrons. The Labute approximate surface area is 181 Å². The maximum atomic E-state index is 12.7. The lowest BCUT2D eigenvalue weighted by molar-refractivity contribution is -0.116. The normalized spacial score (nSPS) is 16.0. The lowest BCUT2D eigenvalue weighted by Gasteiger charge is -2.26. The molecule has 1 saturated heterocycles. The molecule has 5 heteroatoms. The van der Waals surface area contributed by atoms with E-state index in [9.17, 15) is 9.59 Å². The first-order chi connectivity index (χ1) is 14.7. The van der Waals surface area contributed by atoms with Crippen LogP contribution in [0.4, 0.5) is 11.4 Å². The van der Waals surface area contributed by atoms with E-state index < -0.39 is 0 Å². The smallest absolute Gasteiger partial charge is 0.238 e. The first-order valence-corrected chi connectivity index (χ1v) is 11.2. The number of benzene rings is 3. The Kier molecular flexibility index (Phi) is 6.19. The standard InChI is InChI=1S/C25H24N2O2S/c1-2-19-10-6-7-11-22(19)27-24(29)17-30-25(27)20-12-14-21(15-13-20)26-23(28)16-18-8-4-3-5-9-18/h3-15,25H,2,16-17H2,1H3,(H,26,28). The van der Waals surface area contributed by atoms with Gasteiger partial charge in [-0.3, -0.25) is 14.5 Å². The quantitative estimate of drug-likeness (QED) is 0.600. The average Bonchev–Trinajstić information content (AvgIpc) is 3.16. The third-order valence-corrected chi connectivity index (χ3v) is 6.40. The average molecular weight is 417 g/mol. The first-order valence-electron chi connectivity index (χ1n) is 10.1. The highest BCUT2D eigenvalue weighted by molar-refractivity contribution is 8.00. The number of para-hydroxylation sites is 1. The fourth-order valence-electron chi connectivity index (χ4n) is 3.69. The zero-order chi connectivity index (χ0) is 20.9. The van der Waals surface area contributed by atoms with E-state index in [0.29, 0.717) is 12.2 Å². The third-order valence-electron chi connectivity index (χ3n) is 5.19. The second-order valence-corrected chi connectivity index (χ2v) is 8.31. The molecule has 1 fully saturated rings. The van der Waals surface area contributed by atoms with E-state index >= 15 is 0 Å². The predicted octanol–water partition coefficient (Wildman–Crippen LogP) is 5.21. The van der Waals surface area contributed by atoms with Crippen LogP contribution in [0.3, 0.4) is 0 Å². The minimum atomic E-state index is -0.0562. The molecule has 0 saturated carbocycles. The van der Waals surface area contributed by atoms with Gasteiger partial charge < -0.3 is 5.32 Å². The number of carbonyl (C=O) groups is 2. The maximum Gasteiger partial charge on any atom is 0.238 e. The third kappa shape index (κ3) is 4.41. The summed E-state index contributed by atoms with van der Waals surface area (Å²) < 4.78 is 0. The lowest BCUT2D eigenvalue weighted by Crippen LogP contribution is -2.28. The van der Waals surface area contributed by atoms with Crippen LogP contribution in [0.25, 0.3) is 0 Å². The molecule has 1 N–H and O–H groups in total. The van der Waals surface area contributed by atoms with Gasteiger partial charge in [0.2, 0.25) is 11.8 Å². The topological polar surface area (TPSA) is 49.4 Å². The van der Waals surface area contributed by atoms with E-state index in [1.54, 1.807) is 11.8 Å². The van der Waals surface area contributed by atoms with Crippen molar-refractivity contribution in [2.45, 2.75) is 25.1 Å². The Bertz CT molecular complexity index is 1030. The SMILES string of the molecule is CCc1ccccc1N1C(=O)CSC1c1ccc(NC(=O)Cc2ccccc2)cc1. The molecule has 2 amide bonds. The molecule has 1 aliphatic heterocycles. The van der Waals surface area contributed by atoms with Gasteiger partial charge in [0, 0.05) is 11.4 Å². The molecule has 0 radical (unpaired) electrons. The minimum Gasteiger partial charge on any atom is -0.326 e. The highest BCUT2D eigenvalue weighted by atomic mass is 32.2. The van der Waals surface area contributed by atoms with E-state index in [0.717, 1.165) is 28.9 Å². The summed E-state index contributed by atoms with van der Waals surface area (Å²) in [5, 5.41) is 2.90. The van der Waals surface area contributed by atoms with E-state index in [-0.39, 0.29) is 17.2 Å². The van der Waals surface area contributed by atoms with Gasteiger partial charge in [0.05, 0.1) is 12.2 Å². The van der Waals surface area contributed by atoms with E-state index in [2.05, 4.69) is 18.3 Å². The Morgan fingerprint density at radius 2 is 1.70 bits per heavy atom. The van der Waals surface area contributed by atoms with Gasteiger partial charge in [-0.1, -0.05) is 67.6 Å². The van der Waals surface area contributed by atoms with Gasteiger partial charge in [0.25, 0.3) is 0 Å². The van der Waals surface area contributed by atoms with Crippen molar-refractivity contribution in [2.75, 3.05) is 16.0 Å². The number of amides is 2. The molecule has 1 aliphatic rings. The first kappa shape index (κ1) is 20.2. The van der Waals surface area contributed by atoms with Gasteiger partial charge in [0.1, 0.15) is 5.37 Å². The molecule has 1 heterocycles. The van der Waals surface area contributed by atoms with Crippen LogP contribution in [-0.4, -0.2) is 17.6 Å². The van der Waals surface area contributed by atoms with Crippen LogP contribution >= 0.6 is 11.8 Å². The molecular weight excluding hydrogens is 392 g/mol. The van der Waals surface area contributed by atoms with Gasteiger partial charge in [-0.05, 0) is 41.3 Å². The second-order valence-electron chi connectivity index (χ2n) is 7.24. The fourth-order valence-corrected chi connectivity index (χ4v) is 4.86. The molecule has 0 aliphatic carbocycles. The molecule has 1 unspecified atom stereocenters. The van der Waals surface area contributed by atoms with E-state index in [1.807, 2.05) is 77.7 Å². The van der Waals surface area contributed by atoms with Crippen molar-refractivity contribution < 1.29 is 9.59 Å². The summed E-state index contributed by atoms with van der Waals surface area (Å²) in [6.07, 6.45) is 1.22. The van der Waals surface area contributed by atoms with Gasteiger partial charge in [-0.15, -0.1) is 11.8 Å². The zero-order valence-corrected chi connectivity index (χ0v) is 17.7. The number of hydrogen-bond donors (Lipinski definition) is 1. The van der Waals surface area contributed by atoms with Gasteiger partial charge in [-0.2, -0.15) is 0 Å². The maximum absolute atomic E-state index is 12.7. The van der Waals surface area contributed by atoms with Crippen LogP contribution in [0.1, 0.15) is 29.0 Å². The number of aryl methyl sites for hydroxylation is 1. The molecule has 1 atom stereocenters. The zero-order valence-electron chi connectivity index (χ0n) is 16.9. The summed E-state index contributed by atoms with van der Waals surface area (Å²) in [6, 6.07) is 25.6. The Hall–Kier alpha value is -3.05. The molecular formula is C25H24N2O2S. The van der Waals surface area contributed by atoms with Crippen molar-refractivity contribution in [2.24, 2.45) is 0 Å². The summed E-state index contributed by atoms with van der Waals surface area (Å²) in [5.41, 5.74) is 4.95. The molecule has 4 nitrogen and oxygen atoms in total. The molecule has 0 aromatic heterocycles. The van der Waals surface area contributed by atoms with Crippen LogP contribution in [-0.2, 0) is 22.4 Å². The number of rotatable bonds is 6. The number of carbonyl (C=O) groups excluding carboxylic acids is 2. The molecule has 3 aromatic carbocycles. The summed E-state index contributed by atoms with van der Waals surface area (Å²) in [4.78, 5) is 26.9. The van der Waals surface area contributed by atoms with Crippen molar-refractivity contribution >= 4 is 35.0 Å². The largest absolute Gasteiger partial charge is 0.326 e. The number of nitrogens with zero attached hydrogens (tertiary/aromatic N) is 1. The highest BCUT2D eigenvalue weighted by Crippen LogP contribution is 2.43. The van der Waals surface area contributed by atoms with Gasteiger partial charge in [0.15, 0.2) is 0 Å². The summed E-state index contributed by atoms with van der Waals surface area (Å²) in [6.45, 7) is 2.11. The summed E-state index contributed by atoms with van der Waals surface area (Å²) in [5.74, 6) is 0.558. The van der Waals surface area contributed by atoms with Crippen LogP contribution in [0.15, 0.2) is 78.9 Å². The van der Waals surface area contributed by atoms with Gasteiger partial charge in [-0.25, -0.2) is 0 Å². The molecule has 0 spiro atoms. The van der Waals surface area contributed by atoms with Crippen molar-refractivity contribution in [3.8, 4) is 0 Å². The summed E-state index contributed by atoms with van der Waals surface area (Å²) in [7, 11) is 0. The van der Waals surface area contributed by atoms with Gasteiger partial charge >= 0.3 is 0 Å². The number of anilines is 2. The number of nitrogens with one attached hydrogen (secondary N) is 1. The lowest BCUT2D eigenvalue weighted by atomic mass is 10.1. The van der Waals surface area contributed by atoms with Crippen LogP contribution < -0.4 is 10.2 Å². The molecule has 4 rings (SSSR count). The molecule has 3 aromatic rings. The van der Waals surface area contributed by atoms with E-state index in [4.69, 9.17) is 0 Å². The Morgan fingerprint density at radius 1 is 1.00 bits per heavy atom. The Balaban J connectivity index is 1.49. The van der Waals surface area contributed by atoms with Crippen LogP contribution in [0, 0.1) is 0 Å². The highest BCUT2D eigenvalue weighted by Gasteiger charge is 2.34. The monoisotopic (exact) mass is 416 g/mol. The van der Waals surface area contributed by atoms with Crippen LogP contribution in [0.5, 0.6) is 0 Å². The van der Waals surface area contributed by atoms with Crippen LogP contribution in [0.2, 0.25) is 0 Å². The van der Waals surface area contributed by atoms with Crippen molar-refractivity contribution in [1.29, 1.82) is 0 Å². The van der Waals surface area contributed by atoms with Crippen molar-refractivity contribution in [1.82, 2.24) is 0 Å². The van der Waals surface area contributed by atoms with Crippen molar-refractivity contribution in [3.63, 3.8) is 0 Å². The molecule has 0 bridgehead atoms. The van der Waals surface area contributed by atoms with Crippen molar-refractivity contribution in [3.05, 3.63) is 95.6 Å². The predicted molar refractivity (Wildman–Crippen MR) is 124 cm³/mol. The Morgan fingerprint density at radius 3 is 2.43 bits per heavy atom. The number of hydrogen-bond acceptors (Lipinski definition) is 3. The fraction of sp³-hybridized carbons (Fsp3) is 0.200. The van der Waals surface area contributed by atoms with E-state index in [1.165, 1.54) is 5.56 Å². The summed E-state index contributed by atoms with van der Waals surface area (Å²) >= 11 is 1.64.